The van der Waals surface area contributed by atoms with Crippen LogP contribution in [0.15, 0.2) is 35.3 Å². The molecule has 0 fully saturated rings. The number of nitrogens with zero attached hydrogens (tertiary/aromatic N) is 2. The number of aliphatic hydroxyl groups excluding tert-OH is 2. The van der Waals surface area contributed by atoms with E-state index in [4.69, 9.17) is 10.2 Å². The summed E-state index contributed by atoms with van der Waals surface area (Å²) < 4.78 is 4.25. The van der Waals surface area contributed by atoms with E-state index >= 15 is 0 Å². The fraction of sp³-hybridized carbons (Fsp3) is 0.333. The number of rotatable bonds is 6. The third kappa shape index (κ3) is 7.81. The van der Waals surface area contributed by atoms with Gasteiger partial charge in [0.05, 0.1) is 9.75 Å². The van der Waals surface area contributed by atoms with Crippen LogP contribution in [-0.2, 0) is 25.9 Å². The molecular formula is C24H26Br2N2O2S2. The molecule has 0 saturated carbocycles. The fourth-order valence-electron chi connectivity index (χ4n) is 2.99. The van der Waals surface area contributed by atoms with Gasteiger partial charge in [0, 0.05) is 51.0 Å². The predicted molar refractivity (Wildman–Crippen MR) is 120 cm³/mol. The van der Waals surface area contributed by atoms with Gasteiger partial charge in [0.1, 0.15) is 0 Å². The predicted octanol–water partition coefficient (Wildman–Crippen LogP) is -3.82. The number of benzene rings is 1. The summed E-state index contributed by atoms with van der Waals surface area (Å²) >= 11 is 3.33. The van der Waals surface area contributed by atoms with Crippen LogP contribution in [0, 0.1) is 37.5 Å². The Morgan fingerprint density at radius 3 is 1.44 bits per heavy atom. The smallest absolute Gasteiger partial charge is 0.226 e. The zero-order chi connectivity index (χ0) is 21.3. The first kappa shape index (κ1) is 28.5. The molecule has 0 aliphatic rings. The van der Waals surface area contributed by atoms with Crippen LogP contribution >= 0.6 is 22.7 Å². The number of aromatic nitrogens is 2. The molecule has 8 heteroatoms. The number of hydrogen-bond acceptors (Lipinski definition) is 4. The van der Waals surface area contributed by atoms with Gasteiger partial charge in [-0.15, -0.1) is 0 Å². The molecule has 170 valence electrons. The van der Waals surface area contributed by atoms with Crippen molar-refractivity contribution >= 4 is 22.7 Å². The van der Waals surface area contributed by atoms with E-state index in [9.17, 15) is 0 Å². The van der Waals surface area contributed by atoms with E-state index in [1.165, 1.54) is 21.1 Å². The average Bonchev–Trinajstić information content (AvgIpc) is 3.27. The molecule has 0 amide bonds. The van der Waals surface area contributed by atoms with Crippen molar-refractivity contribution in [2.75, 3.05) is 13.2 Å². The third-order valence-electron chi connectivity index (χ3n) is 4.84. The molecule has 0 atom stereocenters. The molecule has 0 radical (unpaired) electrons. The molecule has 0 saturated heterocycles. The van der Waals surface area contributed by atoms with Crippen molar-refractivity contribution < 1.29 is 53.3 Å². The van der Waals surface area contributed by atoms with Crippen LogP contribution in [0.2, 0.25) is 0 Å². The van der Waals surface area contributed by atoms with E-state index in [2.05, 4.69) is 57.7 Å². The summed E-state index contributed by atoms with van der Waals surface area (Å²) in [5.41, 5.74) is 8.43. The molecule has 4 nitrogen and oxygen atoms in total. The minimum absolute atomic E-state index is 0. The standard InChI is InChI=1S/C24H26N2O2S2.2BrH/c1-19-23(11-15-27)29-17-25(19)13-3-5-21-7-9-22(10-8-21)6-4-14-26-18-30-24(12-16-28)20(26)2;;/h7-10,17-18,27-28H,11-16H2,1-2H3;2*1H/q+2;;/p-2. The zero-order valence-corrected chi connectivity index (χ0v) is 22.9. The van der Waals surface area contributed by atoms with Gasteiger partial charge in [0.25, 0.3) is 0 Å². The van der Waals surface area contributed by atoms with Crippen LogP contribution in [0.25, 0.3) is 0 Å². The number of halogens is 2. The van der Waals surface area contributed by atoms with E-state index in [1.807, 2.05) is 24.3 Å². The molecule has 0 unspecified atom stereocenters. The highest BCUT2D eigenvalue weighted by Crippen LogP contribution is 2.11. The lowest BCUT2D eigenvalue weighted by molar-refractivity contribution is -0.686. The molecule has 2 N–H and O–H groups in total. The highest BCUT2D eigenvalue weighted by Gasteiger charge is 2.14. The zero-order valence-electron chi connectivity index (χ0n) is 18.1. The van der Waals surface area contributed by atoms with E-state index in [0.29, 0.717) is 25.9 Å². The van der Waals surface area contributed by atoms with E-state index in [0.717, 1.165) is 11.1 Å². The van der Waals surface area contributed by atoms with Gasteiger partial charge in [-0.3, -0.25) is 0 Å². The van der Waals surface area contributed by atoms with Gasteiger partial charge in [-0.2, -0.15) is 9.13 Å². The van der Waals surface area contributed by atoms with Crippen LogP contribution in [0.3, 0.4) is 0 Å². The summed E-state index contributed by atoms with van der Waals surface area (Å²) in [4.78, 5) is 2.42. The Kier molecular flexibility index (Phi) is 13.0. The topological polar surface area (TPSA) is 48.2 Å². The van der Waals surface area contributed by atoms with Crippen molar-refractivity contribution in [3.63, 3.8) is 0 Å². The Bertz CT molecular complexity index is 1030. The molecule has 0 aliphatic heterocycles. The van der Waals surface area contributed by atoms with Gasteiger partial charge in [-0.1, -0.05) is 34.5 Å². The highest BCUT2D eigenvalue weighted by molar-refractivity contribution is 7.09. The summed E-state index contributed by atoms with van der Waals surface area (Å²) in [6.07, 6.45) is 1.40. The molecule has 2 aromatic heterocycles. The Morgan fingerprint density at radius 2 is 1.09 bits per heavy atom. The normalized spacial score (nSPS) is 9.62. The van der Waals surface area contributed by atoms with E-state index < -0.39 is 0 Å². The van der Waals surface area contributed by atoms with E-state index in [1.54, 1.807) is 22.7 Å². The van der Waals surface area contributed by atoms with Crippen LogP contribution < -0.4 is 43.1 Å². The first-order valence-electron chi connectivity index (χ1n) is 9.84. The molecule has 1 aromatic carbocycles. The summed E-state index contributed by atoms with van der Waals surface area (Å²) in [6.45, 7) is 5.78. The van der Waals surface area contributed by atoms with Crippen molar-refractivity contribution in [2.24, 2.45) is 0 Å². The summed E-state index contributed by atoms with van der Waals surface area (Å²) in [7, 11) is 0. The van der Waals surface area contributed by atoms with Gasteiger partial charge in [-0.05, 0) is 36.1 Å². The lowest BCUT2D eigenvalue weighted by atomic mass is 10.1. The molecule has 32 heavy (non-hydrogen) atoms. The van der Waals surface area contributed by atoms with Crippen molar-refractivity contribution in [3.8, 4) is 23.7 Å². The molecular weight excluding hydrogens is 572 g/mol. The first-order valence-corrected chi connectivity index (χ1v) is 11.6. The summed E-state index contributed by atoms with van der Waals surface area (Å²) in [5, 5.41) is 18.2. The maximum absolute atomic E-state index is 9.10. The van der Waals surface area contributed by atoms with Gasteiger partial charge < -0.3 is 44.2 Å². The van der Waals surface area contributed by atoms with Gasteiger partial charge in [-0.25, -0.2) is 0 Å². The lowest BCUT2D eigenvalue weighted by Gasteiger charge is -1.93. The number of aliphatic hydroxyl groups is 2. The Labute approximate surface area is 219 Å². The maximum atomic E-state index is 9.10. The second kappa shape index (κ2) is 14.6. The lowest BCUT2D eigenvalue weighted by Crippen LogP contribution is -3.00. The van der Waals surface area contributed by atoms with Gasteiger partial charge >= 0.3 is 0 Å². The molecule has 2 heterocycles. The maximum Gasteiger partial charge on any atom is 0.226 e. The van der Waals surface area contributed by atoms with Crippen molar-refractivity contribution in [1.82, 2.24) is 0 Å². The third-order valence-corrected chi connectivity index (χ3v) is 7.13. The Morgan fingerprint density at radius 1 is 0.719 bits per heavy atom. The summed E-state index contributed by atoms with van der Waals surface area (Å²) in [5.74, 6) is 12.8. The summed E-state index contributed by atoms with van der Waals surface area (Å²) in [6, 6.07) is 8.01. The molecule has 3 aromatic rings. The molecule has 0 bridgehead atoms. The van der Waals surface area contributed by atoms with Crippen LogP contribution in [0.5, 0.6) is 0 Å². The highest BCUT2D eigenvalue weighted by atomic mass is 79.9. The second-order valence-electron chi connectivity index (χ2n) is 6.85. The quantitative estimate of drug-likeness (QED) is 0.226. The fourth-order valence-corrected chi connectivity index (χ4v) is 4.96. The molecule has 3 rings (SSSR count). The average molecular weight is 598 g/mol. The van der Waals surface area contributed by atoms with Crippen LogP contribution in [-0.4, -0.2) is 23.4 Å². The second-order valence-corrected chi connectivity index (χ2v) is 8.73. The number of hydrogen-bond donors (Lipinski definition) is 2. The minimum Gasteiger partial charge on any atom is -1.00 e. The number of thiazole rings is 2. The van der Waals surface area contributed by atoms with Gasteiger partial charge in [0.2, 0.25) is 24.1 Å². The van der Waals surface area contributed by atoms with Crippen molar-refractivity contribution in [3.05, 3.63) is 67.6 Å². The van der Waals surface area contributed by atoms with Crippen LogP contribution in [0.4, 0.5) is 0 Å². The van der Waals surface area contributed by atoms with Crippen molar-refractivity contribution in [1.29, 1.82) is 0 Å². The van der Waals surface area contributed by atoms with Gasteiger partial charge in [0.15, 0.2) is 11.4 Å². The largest absolute Gasteiger partial charge is 1.00 e. The monoisotopic (exact) mass is 596 g/mol. The molecule has 0 aliphatic carbocycles. The SMILES string of the molecule is Cc1c(CCO)sc[n+]1CC#Cc1ccc(C#CC[n+]2csc(CCO)c2C)cc1.[Br-].[Br-]. The first-order chi connectivity index (χ1) is 14.6. The van der Waals surface area contributed by atoms with Crippen LogP contribution in [0.1, 0.15) is 32.3 Å². The Balaban J connectivity index is 0.00000256. The Hall–Kier alpha value is -1.52. The van der Waals surface area contributed by atoms with Crippen molar-refractivity contribution in [2.45, 2.75) is 39.8 Å². The van der Waals surface area contributed by atoms with E-state index in [-0.39, 0.29) is 47.2 Å². The molecule has 0 spiro atoms. The minimum atomic E-state index is 0.